The van der Waals surface area contributed by atoms with E-state index in [0.717, 1.165) is 17.4 Å². The average molecular weight is 272 g/mol. The van der Waals surface area contributed by atoms with Crippen LogP contribution in [0.15, 0.2) is 30.5 Å². The first-order valence-corrected chi connectivity index (χ1v) is 6.75. The van der Waals surface area contributed by atoms with Gasteiger partial charge in [-0.25, -0.2) is 4.98 Å². The second-order valence-corrected chi connectivity index (χ2v) is 4.95. The van der Waals surface area contributed by atoms with E-state index >= 15 is 0 Å². The SMILES string of the molecule is O=[N+]([O-])c1cnc2ccccc2c1NCCNC1CC1. The Morgan fingerprint density at radius 3 is 2.85 bits per heavy atom. The molecule has 0 spiro atoms. The second kappa shape index (κ2) is 5.42. The Balaban J connectivity index is 1.84. The summed E-state index contributed by atoms with van der Waals surface area (Å²) < 4.78 is 0. The molecule has 1 fully saturated rings. The van der Waals surface area contributed by atoms with E-state index in [9.17, 15) is 10.1 Å². The molecule has 1 heterocycles. The standard InChI is InChI=1S/C14H16N4O2/c19-18(20)13-9-17-12-4-2-1-3-11(12)14(13)16-8-7-15-10-5-6-10/h1-4,9-10,15H,5-8H2,(H,16,17). The minimum Gasteiger partial charge on any atom is -0.378 e. The number of nitro groups is 1. The number of hydrogen-bond acceptors (Lipinski definition) is 5. The molecule has 0 unspecified atom stereocenters. The Bertz CT molecular complexity index is 640. The molecule has 0 saturated heterocycles. The molecule has 0 radical (unpaired) electrons. The van der Waals surface area contributed by atoms with E-state index in [1.165, 1.54) is 19.0 Å². The summed E-state index contributed by atoms with van der Waals surface area (Å²) in [5, 5.41) is 18.5. The van der Waals surface area contributed by atoms with Crippen LogP contribution in [0.4, 0.5) is 11.4 Å². The third-order valence-electron chi connectivity index (χ3n) is 3.39. The molecule has 6 nitrogen and oxygen atoms in total. The largest absolute Gasteiger partial charge is 0.378 e. The molecule has 0 amide bonds. The fourth-order valence-corrected chi connectivity index (χ4v) is 2.21. The summed E-state index contributed by atoms with van der Waals surface area (Å²) in [6.45, 7) is 1.46. The van der Waals surface area contributed by atoms with Gasteiger partial charge in [-0.15, -0.1) is 0 Å². The number of hydrogen-bond donors (Lipinski definition) is 2. The van der Waals surface area contributed by atoms with Gasteiger partial charge in [0.2, 0.25) is 0 Å². The number of pyridine rings is 1. The maximum Gasteiger partial charge on any atom is 0.311 e. The molecule has 0 bridgehead atoms. The molecule has 1 aliphatic carbocycles. The third-order valence-corrected chi connectivity index (χ3v) is 3.39. The highest BCUT2D eigenvalue weighted by Gasteiger charge is 2.20. The van der Waals surface area contributed by atoms with Gasteiger partial charge in [0, 0.05) is 24.5 Å². The maximum absolute atomic E-state index is 11.1. The van der Waals surface area contributed by atoms with Crippen molar-refractivity contribution in [1.82, 2.24) is 10.3 Å². The van der Waals surface area contributed by atoms with Gasteiger partial charge in [0.15, 0.2) is 0 Å². The number of benzene rings is 1. The molecule has 20 heavy (non-hydrogen) atoms. The van der Waals surface area contributed by atoms with Crippen LogP contribution >= 0.6 is 0 Å². The van der Waals surface area contributed by atoms with Crippen molar-refractivity contribution in [2.24, 2.45) is 0 Å². The van der Waals surface area contributed by atoms with Crippen molar-refractivity contribution in [2.45, 2.75) is 18.9 Å². The summed E-state index contributed by atoms with van der Waals surface area (Å²) >= 11 is 0. The highest BCUT2D eigenvalue weighted by molar-refractivity contribution is 5.95. The van der Waals surface area contributed by atoms with Crippen LogP contribution in [0.3, 0.4) is 0 Å². The number of para-hydroxylation sites is 1. The Labute approximate surface area is 116 Å². The van der Waals surface area contributed by atoms with Gasteiger partial charge in [-0.2, -0.15) is 0 Å². The lowest BCUT2D eigenvalue weighted by Crippen LogP contribution is -2.24. The Hall–Kier alpha value is -2.21. The van der Waals surface area contributed by atoms with E-state index < -0.39 is 4.92 Å². The van der Waals surface area contributed by atoms with Crippen molar-refractivity contribution in [3.05, 3.63) is 40.6 Å². The summed E-state index contributed by atoms with van der Waals surface area (Å²) in [5.41, 5.74) is 1.34. The zero-order valence-electron chi connectivity index (χ0n) is 11.0. The fourth-order valence-electron chi connectivity index (χ4n) is 2.21. The fraction of sp³-hybridized carbons (Fsp3) is 0.357. The van der Waals surface area contributed by atoms with E-state index in [0.29, 0.717) is 18.3 Å². The lowest BCUT2D eigenvalue weighted by Gasteiger charge is -2.10. The highest BCUT2D eigenvalue weighted by Crippen LogP contribution is 2.31. The monoisotopic (exact) mass is 272 g/mol. The van der Waals surface area contributed by atoms with Crippen LogP contribution < -0.4 is 10.6 Å². The van der Waals surface area contributed by atoms with Gasteiger partial charge in [0.25, 0.3) is 0 Å². The number of rotatable bonds is 6. The molecule has 2 aromatic rings. The van der Waals surface area contributed by atoms with Gasteiger partial charge in [0.05, 0.1) is 10.4 Å². The van der Waals surface area contributed by atoms with Crippen LogP contribution in [0.2, 0.25) is 0 Å². The normalized spacial score (nSPS) is 14.4. The lowest BCUT2D eigenvalue weighted by atomic mass is 10.1. The molecule has 1 aromatic heterocycles. The third kappa shape index (κ3) is 2.70. The van der Waals surface area contributed by atoms with Gasteiger partial charge >= 0.3 is 5.69 Å². The minimum absolute atomic E-state index is 0.0233. The van der Waals surface area contributed by atoms with E-state index in [1.54, 1.807) is 0 Å². The van der Waals surface area contributed by atoms with Crippen LogP contribution in [0.5, 0.6) is 0 Å². The lowest BCUT2D eigenvalue weighted by molar-refractivity contribution is -0.384. The molecule has 0 atom stereocenters. The van der Waals surface area contributed by atoms with Gasteiger partial charge in [-0.3, -0.25) is 10.1 Å². The molecule has 2 N–H and O–H groups in total. The summed E-state index contributed by atoms with van der Waals surface area (Å²) in [6, 6.07) is 8.08. The van der Waals surface area contributed by atoms with Crippen LogP contribution in [-0.4, -0.2) is 29.0 Å². The Morgan fingerprint density at radius 1 is 1.30 bits per heavy atom. The molecule has 3 rings (SSSR count). The van der Waals surface area contributed by atoms with E-state index in [-0.39, 0.29) is 5.69 Å². The number of fused-ring (bicyclic) bond motifs is 1. The average Bonchev–Trinajstić information content (AvgIpc) is 3.27. The topological polar surface area (TPSA) is 80.1 Å². The molecule has 1 saturated carbocycles. The Morgan fingerprint density at radius 2 is 2.10 bits per heavy atom. The summed E-state index contributed by atoms with van der Waals surface area (Å²) in [5.74, 6) is 0. The smallest absolute Gasteiger partial charge is 0.311 e. The molecular formula is C14H16N4O2. The predicted octanol–water partition coefficient (Wildman–Crippen LogP) is 2.31. The summed E-state index contributed by atoms with van der Waals surface area (Å²) in [7, 11) is 0. The van der Waals surface area contributed by atoms with Crippen molar-refractivity contribution in [1.29, 1.82) is 0 Å². The first-order valence-electron chi connectivity index (χ1n) is 6.75. The zero-order chi connectivity index (χ0) is 13.9. The van der Waals surface area contributed by atoms with E-state index in [1.807, 2.05) is 24.3 Å². The van der Waals surface area contributed by atoms with Gasteiger partial charge in [-0.1, -0.05) is 18.2 Å². The van der Waals surface area contributed by atoms with Crippen LogP contribution in [-0.2, 0) is 0 Å². The van der Waals surface area contributed by atoms with Crippen molar-refractivity contribution in [2.75, 3.05) is 18.4 Å². The summed E-state index contributed by atoms with van der Waals surface area (Å²) in [6.07, 6.45) is 3.79. The first-order chi connectivity index (χ1) is 9.75. The maximum atomic E-state index is 11.1. The molecule has 6 heteroatoms. The van der Waals surface area contributed by atoms with Crippen LogP contribution in [0.1, 0.15) is 12.8 Å². The molecular weight excluding hydrogens is 256 g/mol. The number of nitrogens with one attached hydrogen (secondary N) is 2. The molecule has 1 aromatic carbocycles. The number of nitrogens with zero attached hydrogens (tertiary/aromatic N) is 2. The van der Waals surface area contributed by atoms with Gasteiger partial charge < -0.3 is 10.6 Å². The van der Waals surface area contributed by atoms with Crippen molar-refractivity contribution >= 4 is 22.3 Å². The molecule has 1 aliphatic rings. The van der Waals surface area contributed by atoms with E-state index in [4.69, 9.17) is 0 Å². The van der Waals surface area contributed by atoms with Gasteiger partial charge in [-0.05, 0) is 18.9 Å². The van der Waals surface area contributed by atoms with Crippen LogP contribution in [0, 0.1) is 10.1 Å². The van der Waals surface area contributed by atoms with Crippen LogP contribution in [0.25, 0.3) is 10.9 Å². The summed E-state index contributed by atoms with van der Waals surface area (Å²) in [4.78, 5) is 14.9. The predicted molar refractivity (Wildman–Crippen MR) is 77.9 cm³/mol. The number of aromatic nitrogens is 1. The highest BCUT2D eigenvalue weighted by atomic mass is 16.6. The van der Waals surface area contributed by atoms with Crippen molar-refractivity contribution in [3.8, 4) is 0 Å². The Kier molecular flexibility index (Phi) is 3.47. The second-order valence-electron chi connectivity index (χ2n) is 4.95. The number of anilines is 1. The van der Waals surface area contributed by atoms with Crippen molar-refractivity contribution in [3.63, 3.8) is 0 Å². The van der Waals surface area contributed by atoms with Crippen molar-refractivity contribution < 1.29 is 4.92 Å². The molecule has 0 aliphatic heterocycles. The molecule has 104 valence electrons. The first kappa shape index (κ1) is 12.8. The van der Waals surface area contributed by atoms with E-state index in [2.05, 4.69) is 15.6 Å². The minimum atomic E-state index is -0.393. The quantitative estimate of drug-likeness (QED) is 0.479. The zero-order valence-corrected chi connectivity index (χ0v) is 11.0. The van der Waals surface area contributed by atoms with Gasteiger partial charge in [0.1, 0.15) is 11.9 Å².